The van der Waals surface area contributed by atoms with Crippen molar-refractivity contribution in [3.63, 3.8) is 0 Å². The zero-order chi connectivity index (χ0) is 13.0. The quantitative estimate of drug-likeness (QED) is 0.711. The van der Waals surface area contributed by atoms with E-state index in [0.29, 0.717) is 5.92 Å². The van der Waals surface area contributed by atoms with Gasteiger partial charge in [0.2, 0.25) is 0 Å². The highest BCUT2D eigenvalue weighted by molar-refractivity contribution is 5.85. The summed E-state index contributed by atoms with van der Waals surface area (Å²) in [5.74, 6) is 7.95. The maximum absolute atomic E-state index is 5.22. The predicted molar refractivity (Wildman–Crippen MR) is 76.8 cm³/mol. The Kier molecular flexibility index (Phi) is 3.89. The van der Waals surface area contributed by atoms with Gasteiger partial charge in [-0.05, 0) is 41.0 Å². The monoisotopic (exact) mass is 238 g/mol. The average molecular weight is 238 g/mol. The smallest absolute Gasteiger partial charge is 0.119 e. The molecule has 0 aliphatic heterocycles. The Balaban J connectivity index is 2.29. The van der Waals surface area contributed by atoms with E-state index in [0.717, 1.165) is 17.7 Å². The second kappa shape index (κ2) is 5.60. The van der Waals surface area contributed by atoms with Crippen molar-refractivity contribution >= 4 is 10.8 Å². The zero-order valence-corrected chi connectivity index (χ0v) is 11.2. The van der Waals surface area contributed by atoms with Crippen LogP contribution in [0.2, 0.25) is 0 Å². The highest BCUT2D eigenvalue weighted by Gasteiger charge is 1.97. The third-order valence-electron chi connectivity index (χ3n) is 2.79. The molecular formula is C17H18O. The molecule has 0 atom stereocenters. The van der Waals surface area contributed by atoms with E-state index in [1.165, 1.54) is 10.8 Å². The van der Waals surface area contributed by atoms with Gasteiger partial charge in [-0.25, -0.2) is 0 Å². The van der Waals surface area contributed by atoms with Crippen LogP contribution in [0.4, 0.5) is 0 Å². The number of hydrogen-bond donors (Lipinski definition) is 0. The van der Waals surface area contributed by atoms with Crippen LogP contribution < -0.4 is 4.74 Å². The lowest BCUT2D eigenvalue weighted by Crippen LogP contribution is -1.84. The van der Waals surface area contributed by atoms with Gasteiger partial charge in [-0.3, -0.25) is 0 Å². The largest absolute Gasteiger partial charge is 0.497 e. The molecule has 2 aromatic carbocycles. The van der Waals surface area contributed by atoms with Gasteiger partial charge in [0.15, 0.2) is 0 Å². The highest BCUT2D eigenvalue weighted by Crippen LogP contribution is 2.21. The van der Waals surface area contributed by atoms with E-state index in [9.17, 15) is 0 Å². The van der Waals surface area contributed by atoms with Crippen LogP contribution in [0.1, 0.15) is 25.8 Å². The van der Waals surface area contributed by atoms with Crippen molar-refractivity contribution in [2.45, 2.75) is 20.3 Å². The molecule has 0 saturated carbocycles. The summed E-state index contributed by atoms with van der Waals surface area (Å²) in [6, 6.07) is 12.4. The summed E-state index contributed by atoms with van der Waals surface area (Å²) >= 11 is 0. The van der Waals surface area contributed by atoms with Gasteiger partial charge >= 0.3 is 0 Å². The summed E-state index contributed by atoms with van der Waals surface area (Å²) in [6.07, 6.45) is 0.945. The van der Waals surface area contributed by atoms with Crippen LogP contribution in [0.5, 0.6) is 5.75 Å². The van der Waals surface area contributed by atoms with Crippen LogP contribution in [0.3, 0.4) is 0 Å². The van der Waals surface area contributed by atoms with Crippen molar-refractivity contribution in [3.8, 4) is 17.6 Å². The number of hydrogen-bond acceptors (Lipinski definition) is 1. The normalized spacial score (nSPS) is 10.2. The molecule has 0 aliphatic rings. The van der Waals surface area contributed by atoms with Gasteiger partial charge in [-0.15, -0.1) is 0 Å². The highest BCUT2D eigenvalue weighted by atomic mass is 16.5. The first-order valence-electron chi connectivity index (χ1n) is 6.25. The molecule has 2 rings (SSSR count). The van der Waals surface area contributed by atoms with Crippen molar-refractivity contribution in [2.24, 2.45) is 5.92 Å². The summed E-state index contributed by atoms with van der Waals surface area (Å²) in [6.45, 7) is 4.36. The number of rotatable bonds is 2. The van der Waals surface area contributed by atoms with Crippen molar-refractivity contribution in [1.29, 1.82) is 0 Å². The molecule has 1 heteroatoms. The molecular weight excluding hydrogens is 220 g/mol. The molecule has 0 heterocycles. The zero-order valence-electron chi connectivity index (χ0n) is 11.2. The molecule has 0 amide bonds. The molecule has 2 aromatic rings. The Labute approximate surface area is 109 Å². The minimum Gasteiger partial charge on any atom is -0.497 e. The first-order valence-corrected chi connectivity index (χ1v) is 6.25. The Morgan fingerprint density at radius 3 is 2.50 bits per heavy atom. The summed E-state index contributed by atoms with van der Waals surface area (Å²) in [7, 11) is 1.69. The number of ether oxygens (including phenoxy) is 1. The van der Waals surface area contributed by atoms with E-state index in [2.05, 4.69) is 50.0 Å². The first kappa shape index (κ1) is 12.5. The lowest BCUT2D eigenvalue weighted by Gasteiger charge is -2.02. The van der Waals surface area contributed by atoms with Crippen LogP contribution in [-0.2, 0) is 0 Å². The minimum absolute atomic E-state index is 0.627. The van der Waals surface area contributed by atoms with Crippen molar-refractivity contribution in [1.82, 2.24) is 0 Å². The van der Waals surface area contributed by atoms with Crippen molar-refractivity contribution in [3.05, 3.63) is 42.0 Å². The van der Waals surface area contributed by atoms with E-state index in [1.54, 1.807) is 7.11 Å². The molecule has 92 valence electrons. The molecule has 0 bridgehead atoms. The molecule has 18 heavy (non-hydrogen) atoms. The fraction of sp³-hybridized carbons (Fsp3) is 0.294. The fourth-order valence-electron chi connectivity index (χ4n) is 1.79. The van der Waals surface area contributed by atoms with E-state index in [1.807, 2.05) is 12.1 Å². The Morgan fingerprint density at radius 2 is 1.78 bits per heavy atom. The van der Waals surface area contributed by atoms with E-state index in [-0.39, 0.29) is 0 Å². The van der Waals surface area contributed by atoms with Gasteiger partial charge in [0.05, 0.1) is 7.11 Å². The second-order valence-corrected chi connectivity index (χ2v) is 4.83. The molecule has 0 radical (unpaired) electrons. The Morgan fingerprint density at radius 1 is 1.06 bits per heavy atom. The third-order valence-corrected chi connectivity index (χ3v) is 2.79. The minimum atomic E-state index is 0.627. The topological polar surface area (TPSA) is 9.23 Å². The summed E-state index contributed by atoms with van der Waals surface area (Å²) in [4.78, 5) is 0. The molecule has 0 spiro atoms. The van der Waals surface area contributed by atoms with Crippen LogP contribution >= 0.6 is 0 Å². The van der Waals surface area contributed by atoms with Crippen LogP contribution in [0.15, 0.2) is 36.4 Å². The van der Waals surface area contributed by atoms with Gasteiger partial charge in [-0.1, -0.05) is 37.8 Å². The molecule has 0 unspecified atom stereocenters. The summed E-state index contributed by atoms with van der Waals surface area (Å²) in [5, 5.41) is 2.39. The molecule has 0 aromatic heterocycles. The molecule has 0 aliphatic carbocycles. The van der Waals surface area contributed by atoms with Gasteiger partial charge in [0, 0.05) is 12.0 Å². The number of fused-ring (bicyclic) bond motifs is 1. The van der Waals surface area contributed by atoms with Gasteiger partial charge in [-0.2, -0.15) is 0 Å². The van der Waals surface area contributed by atoms with Crippen molar-refractivity contribution in [2.75, 3.05) is 7.11 Å². The third kappa shape index (κ3) is 3.05. The Bertz CT molecular complexity index is 600. The van der Waals surface area contributed by atoms with Gasteiger partial charge in [0.1, 0.15) is 5.75 Å². The van der Waals surface area contributed by atoms with E-state index < -0.39 is 0 Å². The first-order chi connectivity index (χ1) is 8.69. The SMILES string of the molecule is COc1ccc2cc(C#CCC(C)C)ccc2c1. The Hall–Kier alpha value is -1.94. The lowest BCUT2D eigenvalue weighted by molar-refractivity contribution is 0.415. The fourth-order valence-corrected chi connectivity index (χ4v) is 1.79. The second-order valence-electron chi connectivity index (χ2n) is 4.83. The van der Waals surface area contributed by atoms with Gasteiger partial charge in [0.25, 0.3) is 0 Å². The predicted octanol–water partition coefficient (Wildman–Crippen LogP) is 4.25. The van der Waals surface area contributed by atoms with E-state index >= 15 is 0 Å². The van der Waals surface area contributed by atoms with Crippen LogP contribution in [-0.4, -0.2) is 7.11 Å². The molecule has 0 fully saturated rings. The number of benzene rings is 2. The maximum atomic E-state index is 5.22. The average Bonchev–Trinajstić information content (AvgIpc) is 2.37. The molecule has 0 N–H and O–H groups in total. The number of methoxy groups -OCH3 is 1. The standard InChI is InChI=1S/C17H18O/c1-13(2)5-4-6-14-7-8-16-12-17(18-3)10-9-15(16)11-14/h7-13H,5H2,1-3H3. The lowest BCUT2D eigenvalue weighted by atomic mass is 10.1. The molecule has 1 nitrogen and oxygen atoms in total. The van der Waals surface area contributed by atoms with Crippen LogP contribution in [0, 0.1) is 17.8 Å². The van der Waals surface area contributed by atoms with Crippen LogP contribution in [0.25, 0.3) is 10.8 Å². The summed E-state index contributed by atoms with van der Waals surface area (Å²) in [5.41, 5.74) is 1.08. The molecule has 0 saturated heterocycles. The van der Waals surface area contributed by atoms with E-state index in [4.69, 9.17) is 4.74 Å². The maximum Gasteiger partial charge on any atom is 0.119 e. The summed E-state index contributed by atoms with van der Waals surface area (Å²) < 4.78 is 5.22. The van der Waals surface area contributed by atoms with Gasteiger partial charge < -0.3 is 4.74 Å². The van der Waals surface area contributed by atoms with Crippen molar-refractivity contribution < 1.29 is 4.74 Å².